The molecule has 0 aliphatic heterocycles. The minimum absolute atomic E-state index is 0.107. The van der Waals surface area contributed by atoms with Crippen molar-refractivity contribution in [2.45, 2.75) is 19.4 Å². The van der Waals surface area contributed by atoms with Crippen molar-refractivity contribution in [3.8, 4) is 0 Å². The summed E-state index contributed by atoms with van der Waals surface area (Å²) in [6.45, 7) is 2.25. The molecule has 0 saturated heterocycles. The summed E-state index contributed by atoms with van der Waals surface area (Å²) < 4.78 is 1.03. The molecule has 0 bridgehead atoms. The first-order valence-electron chi connectivity index (χ1n) is 7.24. The van der Waals surface area contributed by atoms with Crippen molar-refractivity contribution in [3.05, 3.63) is 62.5 Å². The Labute approximate surface area is 154 Å². The van der Waals surface area contributed by atoms with Crippen LogP contribution in [-0.2, 0) is 4.79 Å². The second-order valence-corrected chi connectivity index (χ2v) is 6.77. The molecule has 0 radical (unpaired) electrons. The minimum atomic E-state index is -0.185. The Bertz CT molecular complexity index is 657. The maximum Gasteiger partial charge on any atom is 0.238 e. The number of amides is 1. The van der Waals surface area contributed by atoms with Gasteiger partial charge in [0, 0.05) is 10.5 Å². The molecule has 0 fully saturated rings. The molecule has 0 unspecified atom stereocenters. The summed E-state index contributed by atoms with van der Waals surface area (Å²) in [5.74, 6) is -0.185. The second kappa shape index (κ2) is 8.69. The number of hydrogen-bond donors (Lipinski definition) is 2. The highest BCUT2D eigenvalue weighted by Gasteiger charge is 2.13. The molecule has 0 spiro atoms. The van der Waals surface area contributed by atoms with Gasteiger partial charge in [-0.1, -0.05) is 64.3 Å². The maximum absolute atomic E-state index is 12.1. The number of hydrogen-bond acceptors (Lipinski definition) is 2. The molecule has 0 heterocycles. The molecule has 0 aliphatic carbocycles. The Hall–Kier alpha value is -1.07. The molecule has 2 rings (SSSR count). The van der Waals surface area contributed by atoms with Crippen LogP contribution in [0.2, 0.25) is 10.0 Å². The molecule has 2 aromatic rings. The summed E-state index contributed by atoms with van der Waals surface area (Å²) in [6, 6.07) is 13.3. The summed E-state index contributed by atoms with van der Waals surface area (Å²) in [7, 11) is 0. The number of rotatable bonds is 6. The highest BCUT2D eigenvalue weighted by atomic mass is 79.9. The molecule has 2 aromatic carbocycles. The molecule has 23 heavy (non-hydrogen) atoms. The fraction of sp³-hybridized carbons (Fsp3) is 0.235. The van der Waals surface area contributed by atoms with Crippen molar-refractivity contribution in [2.24, 2.45) is 0 Å². The van der Waals surface area contributed by atoms with E-state index in [-0.39, 0.29) is 18.5 Å². The van der Waals surface area contributed by atoms with Crippen LogP contribution >= 0.6 is 39.1 Å². The van der Waals surface area contributed by atoms with E-state index in [0.29, 0.717) is 15.7 Å². The molecule has 122 valence electrons. The monoisotopic (exact) mass is 414 g/mol. The summed E-state index contributed by atoms with van der Waals surface area (Å²) in [4.78, 5) is 12.1. The zero-order valence-electron chi connectivity index (χ0n) is 12.6. The van der Waals surface area contributed by atoms with Gasteiger partial charge < -0.3 is 10.6 Å². The van der Waals surface area contributed by atoms with Crippen LogP contribution in [0.15, 0.2) is 46.9 Å². The molecule has 1 atom stereocenters. The number of carbonyl (C=O) groups excluding carboxylic acids is 1. The van der Waals surface area contributed by atoms with Crippen LogP contribution in [0.1, 0.15) is 24.9 Å². The molecule has 6 heteroatoms. The highest BCUT2D eigenvalue weighted by Crippen LogP contribution is 2.29. The molecule has 0 aromatic heterocycles. The molecule has 1 amide bonds. The van der Waals surface area contributed by atoms with Gasteiger partial charge in [0.05, 0.1) is 22.3 Å². The van der Waals surface area contributed by atoms with Gasteiger partial charge in [-0.15, -0.1) is 0 Å². The van der Waals surface area contributed by atoms with Crippen molar-refractivity contribution in [1.82, 2.24) is 5.32 Å². The quantitative estimate of drug-likeness (QED) is 0.659. The van der Waals surface area contributed by atoms with Gasteiger partial charge in [0.15, 0.2) is 0 Å². The second-order valence-electron chi connectivity index (χ2n) is 5.04. The van der Waals surface area contributed by atoms with E-state index in [0.717, 1.165) is 16.5 Å². The van der Waals surface area contributed by atoms with Gasteiger partial charge >= 0.3 is 0 Å². The van der Waals surface area contributed by atoms with Crippen molar-refractivity contribution in [1.29, 1.82) is 0 Å². The topological polar surface area (TPSA) is 41.1 Å². The Morgan fingerprint density at radius 3 is 2.30 bits per heavy atom. The number of carbonyl (C=O) groups is 1. The Kier molecular flexibility index (Phi) is 6.90. The van der Waals surface area contributed by atoms with E-state index in [1.54, 1.807) is 18.2 Å². The Morgan fingerprint density at radius 2 is 1.74 bits per heavy atom. The van der Waals surface area contributed by atoms with Crippen molar-refractivity contribution >= 4 is 50.7 Å². The number of nitrogens with one attached hydrogen (secondary N) is 2. The SMILES string of the molecule is CC[C@@H](NCC(=O)Nc1c(Cl)cccc1Cl)c1ccc(Br)cc1. The van der Waals surface area contributed by atoms with Crippen molar-refractivity contribution in [3.63, 3.8) is 0 Å². The highest BCUT2D eigenvalue weighted by molar-refractivity contribution is 9.10. The first-order chi connectivity index (χ1) is 11.0. The summed E-state index contributed by atoms with van der Waals surface area (Å²) in [5, 5.41) is 6.84. The third-order valence-electron chi connectivity index (χ3n) is 3.42. The van der Waals surface area contributed by atoms with Gasteiger partial charge in [0.25, 0.3) is 0 Å². The molecule has 2 N–H and O–H groups in total. The third-order valence-corrected chi connectivity index (χ3v) is 4.58. The number of benzene rings is 2. The average Bonchev–Trinajstić information content (AvgIpc) is 2.53. The lowest BCUT2D eigenvalue weighted by molar-refractivity contribution is -0.115. The van der Waals surface area contributed by atoms with E-state index in [2.05, 4.69) is 33.5 Å². The zero-order valence-corrected chi connectivity index (χ0v) is 15.7. The third kappa shape index (κ3) is 5.21. The van der Waals surface area contributed by atoms with Gasteiger partial charge in [-0.05, 0) is 36.2 Å². The van der Waals surface area contributed by atoms with Crippen LogP contribution in [0.3, 0.4) is 0 Å². The standard InChI is InChI=1S/C17H17BrCl2N2O/c1-2-15(11-6-8-12(18)9-7-11)21-10-16(23)22-17-13(19)4-3-5-14(17)20/h3-9,15,21H,2,10H2,1H3,(H,22,23)/t15-/m1/s1. The van der Waals surface area contributed by atoms with Gasteiger partial charge in [0.2, 0.25) is 5.91 Å². The fourth-order valence-corrected chi connectivity index (χ4v) is 2.97. The predicted octanol–water partition coefficient (Wildman–Crippen LogP) is 5.44. The molecule has 0 aliphatic rings. The summed E-state index contributed by atoms with van der Waals surface area (Å²) in [6.07, 6.45) is 0.877. The van der Waals surface area contributed by atoms with Gasteiger partial charge in [-0.3, -0.25) is 4.79 Å². The predicted molar refractivity (Wildman–Crippen MR) is 100 cm³/mol. The van der Waals surface area contributed by atoms with Crippen LogP contribution in [0.5, 0.6) is 0 Å². The van der Waals surface area contributed by atoms with E-state index < -0.39 is 0 Å². The van der Waals surface area contributed by atoms with E-state index in [4.69, 9.17) is 23.2 Å². The lowest BCUT2D eigenvalue weighted by Crippen LogP contribution is -2.31. The van der Waals surface area contributed by atoms with Crippen molar-refractivity contribution in [2.75, 3.05) is 11.9 Å². The normalized spacial score (nSPS) is 12.0. The Balaban J connectivity index is 1.96. The van der Waals surface area contributed by atoms with E-state index in [1.165, 1.54) is 0 Å². The Morgan fingerprint density at radius 1 is 1.13 bits per heavy atom. The van der Waals surface area contributed by atoms with Crippen LogP contribution in [0.4, 0.5) is 5.69 Å². The van der Waals surface area contributed by atoms with Gasteiger partial charge in [-0.2, -0.15) is 0 Å². The van der Waals surface area contributed by atoms with Gasteiger partial charge in [-0.25, -0.2) is 0 Å². The number of anilines is 1. The lowest BCUT2D eigenvalue weighted by Gasteiger charge is -2.18. The van der Waals surface area contributed by atoms with Crippen LogP contribution in [0.25, 0.3) is 0 Å². The molecule has 0 saturated carbocycles. The van der Waals surface area contributed by atoms with E-state index in [1.807, 2.05) is 24.3 Å². The molecular weight excluding hydrogens is 399 g/mol. The van der Waals surface area contributed by atoms with Crippen molar-refractivity contribution < 1.29 is 4.79 Å². The van der Waals surface area contributed by atoms with Crippen LogP contribution in [-0.4, -0.2) is 12.5 Å². The van der Waals surface area contributed by atoms with Gasteiger partial charge in [0.1, 0.15) is 0 Å². The molecular formula is C17H17BrCl2N2O. The summed E-state index contributed by atoms with van der Waals surface area (Å²) in [5.41, 5.74) is 1.58. The fourth-order valence-electron chi connectivity index (χ4n) is 2.21. The summed E-state index contributed by atoms with van der Waals surface area (Å²) >= 11 is 15.5. The van der Waals surface area contributed by atoms with Crippen LogP contribution in [0, 0.1) is 0 Å². The number of para-hydroxylation sites is 1. The van der Waals surface area contributed by atoms with E-state index in [9.17, 15) is 4.79 Å². The molecule has 3 nitrogen and oxygen atoms in total. The maximum atomic E-state index is 12.1. The van der Waals surface area contributed by atoms with Crippen LogP contribution < -0.4 is 10.6 Å². The smallest absolute Gasteiger partial charge is 0.238 e. The average molecular weight is 416 g/mol. The number of halogens is 3. The lowest BCUT2D eigenvalue weighted by atomic mass is 10.0. The van der Waals surface area contributed by atoms with E-state index >= 15 is 0 Å². The zero-order chi connectivity index (χ0) is 16.8. The minimum Gasteiger partial charge on any atom is -0.322 e. The first kappa shape index (κ1) is 18.3. The first-order valence-corrected chi connectivity index (χ1v) is 8.79. The largest absolute Gasteiger partial charge is 0.322 e.